The molecule has 0 unspecified atom stereocenters. The van der Waals surface area contributed by atoms with E-state index in [9.17, 15) is 9.59 Å². The predicted octanol–water partition coefficient (Wildman–Crippen LogP) is 2.18. The molecule has 1 aliphatic heterocycles. The van der Waals surface area contributed by atoms with Crippen LogP contribution in [0.25, 0.3) is 10.9 Å². The van der Waals surface area contributed by atoms with Crippen LogP contribution in [0.3, 0.4) is 0 Å². The van der Waals surface area contributed by atoms with Crippen LogP contribution in [0.2, 0.25) is 0 Å². The zero-order chi connectivity index (χ0) is 19.7. The quantitative estimate of drug-likeness (QED) is 0.864. The van der Waals surface area contributed by atoms with Crippen molar-refractivity contribution in [2.24, 2.45) is 5.92 Å². The molecular weight excluding hydrogens is 352 g/mol. The molecule has 1 saturated carbocycles. The van der Waals surface area contributed by atoms with Crippen molar-refractivity contribution in [3.63, 3.8) is 0 Å². The number of para-hydroxylation sites is 1. The van der Waals surface area contributed by atoms with Crippen molar-refractivity contribution in [1.29, 1.82) is 0 Å². The first-order valence-corrected chi connectivity index (χ1v) is 10.1. The van der Waals surface area contributed by atoms with Crippen LogP contribution in [-0.4, -0.2) is 59.3 Å². The van der Waals surface area contributed by atoms with Crippen LogP contribution in [0.15, 0.2) is 36.5 Å². The van der Waals surface area contributed by atoms with E-state index in [4.69, 9.17) is 0 Å². The number of hydrogen-bond donors (Lipinski definition) is 1. The molecule has 0 radical (unpaired) electrons. The zero-order valence-electron chi connectivity index (χ0n) is 16.6. The largest absolute Gasteiger partial charge is 0.352 e. The topological polar surface area (TPSA) is 65.5 Å². The van der Waals surface area contributed by atoms with Crippen molar-refractivity contribution in [2.45, 2.75) is 44.3 Å². The second-order valence-electron chi connectivity index (χ2n) is 8.21. The van der Waals surface area contributed by atoms with E-state index in [0.717, 1.165) is 42.3 Å². The van der Waals surface area contributed by atoms with E-state index in [1.165, 1.54) is 0 Å². The van der Waals surface area contributed by atoms with Gasteiger partial charge < -0.3 is 10.2 Å². The van der Waals surface area contributed by atoms with Crippen molar-refractivity contribution in [3.8, 4) is 0 Å². The minimum atomic E-state index is -0.195. The SMILES string of the molecule is CN(Cc1cccc2cccnc12)C(=O)[C@@H]1C[C@H](NC(=O)C2CCC2)CN1C. The summed E-state index contributed by atoms with van der Waals surface area (Å²) in [4.78, 5) is 33.6. The number of likely N-dealkylation sites (N-methyl/N-ethyl adjacent to an activating group) is 2. The lowest BCUT2D eigenvalue weighted by Gasteiger charge is -2.26. The number of amides is 2. The second-order valence-corrected chi connectivity index (χ2v) is 8.21. The predicted molar refractivity (Wildman–Crippen MR) is 109 cm³/mol. The lowest BCUT2D eigenvalue weighted by atomic mass is 9.84. The van der Waals surface area contributed by atoms with E-state index in [2.05, 4.69) is 15.2 Å². The van der Waals surface area contributed by atoms with Crippen LogP contribution in [0.1, 0.15) is 31.2 Å². The Morgan fingerprint density at radius 1 is 1.25 bits per heavy atom. The van der Waals surface area contributed by atoms with Gasteiger partial charge in [-0.1, -0.05) is 30.7 Å². The Morgan fingerprint density at radius 2 is 2.04 bits per heavy atom. The Bertz CT molecular complexity index is 874. The van der Waals surface area contributed by atoms with Gasteiger partial charge in [-0.15, -0.1) is 0 Å². The summed E-state index contributed by atoms with van der Waals surface area (Å²) in [6, 6.07) is 9.89. The molecule has 1 aliphatic carbocycles. The second kappa shape index (κ2) is 7.87. The van der Waals surface area contributed by atoms with E-state index in [1.807, 2.05) is 44.4 Å². The molecule has 6 heteroatoms. The summed E-state index contributed by atoms with van der Waals surface area (Å²) in [6.07, 6.45) is 5.61. The summed E-state index contributed by atoms with van der Waals surface area (Å²) in [7, 11) is 3.81. The highest BCUT2D eigenvalue weighted by Gasteiger charge is 2.38. The number of hydrogen-bond acceptors (Lipinski definition) is 4. The molecule has 28 heavy (non-hydrogen) atoms. The standard InChI is InChI=1S/C22H28N4O2/c1-25-14-18(24-21(27)16-7-4-8-16)12-19(25)22(28)26(2)13-17-9-3-6-15-10-5-11-23-20(15)17/h3,5-6,9-11,16,18-19H,4,7-8,12-14H2,1-2H3,(H,24,27)/t18-,19-/m0/s1. The van der Waals surface area contributed by atoms with Gasteiger partial charge in [0.05, 0.1) is 11.6 Å². The fourth-order valence-corrected chi connectivity index (χ4v) is 4.27. The van der Waals surface area contributed by atoms with Crippen molar-refractivity contribution in [2.75, 3.05) is 20.6 Å². The van der Waals surface area contributed by atoms with Crippen LogP contribution in [0.4, 0.5) is 0 Å². The third kappa shape index (κ3) is 3.74. The zero-order valence-corrected chi connectivity index (χ0v) is 16.6. The maximum atomic E-state index is 13.1. The first-order valence-electron chi connectivity index (χ1n) is 10.1. The van der Waals surface area contributed by atoms with Crippen molar-refractivity contribution < 1.29 is 9.59 Å². The molecule has 2 amide bonds. The molecule has 148 valence electrons. The van der Waals surface area contributed by atoms with Crippen molar-refractivity contribution >= 4 is 22.7 Å². The molecule has 4 rings (SSSR count). The summed E-state index contributed by atoms with van der Waals surface area (Å²) in [5, 5.41) is 4.23. The molecule has 1 N–H and O–H groups in total. The summed E-state index contributed by atoms with van der Waals surface area (Å²) >= 11 is 0. The van der Waals surface area contributed by atoms with Gasteiger partial charge in [0.15, 0.2) is 0 Å². The number of nitrogens with one attached hydrogen (secondary N) is 1. The van der Waals surface area contributed by atoms with Gasteiger partial charge in [0.1, 0.15) is 0 Å². The average Bonchev–Trinajstić information content (AvgIpc) is 2.99. The summed E-state index contributed by atoms with van der Waals surface area (Å²) in [6.45, 7) is 1.25. The van der Waals surface area contributed by atoms with Gasteiger partial charge in [-0.2, -0.15) is 0 Å². The fourth-order valence-electron chi connectivity index (χ4n) is 4.27. The molecule has 0 bridgehead atoms. The Balaban J connectivity index is 1.39. The van der Waals surface area contributed by atoms with E-state index >= 15 is 0 Å². The molecule has 2 aromatic rings. The maximum absolute atomic E-state index is 13.1. The fraction of sp³-hybridized carbons (Fsp3) is 0.500. The Kier molecular flexibility index (Phi) is 5.31. The summed E-state index contributed by atoms with van der Waals surface area (Å²) in [5.74, 6) is 0.436. The number of pyridine rings is 1. The van der Waals surface area contributed by atoms with E-state index in [0.29, 0.717) is 13.0 Å². The molecule has 6 nitrogen and oxygen atoms in total. The van der Waals surface area contributed by atoms with Crippen LogP contribution in [0, 0.1) is 5.92 Å². The van der Waals surface area contributed by atoms with Gasteiger partial charge in [0.2, 0.25) is 11.8 Å². The number of likely N-dealkylation sites (tertiary alicyclic amines) is 1. The molecule has 2 fully saturated rings. The van der Waals surface area contributed by atoms with Gasteiger partial charge in [-0.3, -0.25) is 19.5 Å². The number of nitrogens with zero attached hydrogens (tertiary/aromatic N) is 3. The highest BCUT2D eigenvalue weighted by molar-refractivity contribution is 5.85. The molecule has 1 saturated heterocycles. The van der Waals surface area contributed by atoms with Crippen LogP contribution in [0.5, 0.6) is 0 Å². The molecule has 2 atom stereocenters. The minimum absolute atomic E-state index is 0.0553. The highest BCUT2D eigenvalue weighted by Crippen LogP contribution is 2.27. The maximum Gasteiger partial charge on any atom is 0.240 e. The Morgan fingerprint density at radius 3 is 2.79 bits per heavy atom. The number of fused-ring (bicyclic) bond motifs is 1. The number of carbonyl (C=O) groups excluding carboxylic acids is 2. The first kappa shape index (κ1) is 18.9. The molecule has 1 aromatic carbocycles. The molecule has 2 heterocycles. The monoisotopic (exact) mass is 380 g/mol. The molecule has 0 spiro atoms. The van der Waals surface area contributed by atoms with Gasteiger partial charge >= 0.3 is 0 Å². The first-order chi connectivity index (χ1) is 13.5. The average molecular weight is 380 g/mol. The van der Waals surface area contributed by atoms with Crippen molar-refractivity contribution in [1.82, 2.24) is 20.1 Å². The Labute approximate surface area is 165 Å². The third-order valence-corrected chi connectivity index (χ3v) is 6.16. The molecular formula is C22H28N4O2. The number of benzene rings is 1. The molecule has 1 aromatic heterocycles. The van der Waals surface area contributed by atoms with Gasteiger partial charge in [-0.05, 0) is 37.9 Å². The highest BCUT2D eigenvalue weighted by atomic mass is 16.2. The number of carbonyl (C=O) groups is 2. The van der Waals surface area contributed by atoms with E-state index in [-0.39, 0.29) is 29.8 Å². The molecule has 2 aliphatic rings. The van der Waals surface area contributed by atoms with Gasteiger partial charge in [0.25, 0.3) is 0 Å². The smallest absolute Gasteiger partial charge is 0.240 e. The lowest BCUT2D eigenvalue weighted by molar-refractivity contribution is -0.135. The van der Waals surface area contributed by atoms with Crippen LogP contribution >= 0.6 is 0 Å². The summed E-state index contributed by atoms with van der Waals surface area (Å²) in [5.41, 5.74) is 1.99. The normalized spacial score (nSPS) is 22.8. The van der Waals surface area contributed by atoms with Crippen LogP contribution < -0.4 is 5.32 Å². The van der Waals surface area contributed by atoms with Gasteiger partial charge in [-0.25, -0.2) is 0 Å². The summed E-state index contributed by atoms with van der Waals surface area (Å²) < 4.78 is 0. The van der Waals surface area contributed by atoms with E-state index in [1.54, 1.807) is 11.1 Å². The van der Waals surface area contributed by atoms with Crippen molar-refractivity contribution in [3.05, 3.63) is 42.1 Å². The number of rotatable bonds is 5. The van der Waals surface area contributed by atoms with E-state index < -0.39 is 0 Å². The minimum Gasteiger partial charge on any atom is -0.352 e. The number of aromatic nitrogens is 1. The van der Waals surface area contributed by atoms with Gasteiger partial charge in [0, 0.05) is 43.7 Å². The third-order valence-electron chi connectivity index (χ3n) is 6.16. The Hall–Kier alpha value is -2.47. The van der Waals surface area contributed by atoms with Crippen LogP contribution in [-0.2, 0) is 16.1 Å². The lowest BCUT2D eigenvalue weighted by Crippen LogP contribution is -2.42.